The van der Waals surface area contributed by atoms with Crippen molar-refractivity contribution in [1.29, 1.82) is 0 Å². The van der Waals surface area contributed by atoms with Crippen LogP contribution in [0.25, 0.3) is 32.2 Å². The minimum atomic E-state index is -4.99. The zero-order chi connectivity index (χ0) is 33.8. The molecule has 1 aliphatic carbocycles. The summed E-state index contributed by atoms with van der Waals surface area (Å²) in [6.45, 7) is 3.19. The number of rotatable bonds is 7. The van der Waals surface area contributed by atoms with Gasteiger partial charge in [0.05, 0.1) is 21.3 Å². The van der Waals surface area contributed by atoms with Gasteiger partial charge in [0.15, 0.2) is 10.9 Å². The van der Waals surface area contributed by atoms with Crippen LogP contribution < -0.4 is 15.4 Å². The van der Waals surface area contributed by atoms with Crippen molar-refractivity contribution in [3.63, 3.8) is 0 Å². The number of piperazine rings is 1. The minimum Gasteiger partial charge on any atom is -0.461 e. The van der Waals surface area contributed by atoms with E-state index in [9.17, 15) is 22.0 Å². The predicted octanol–water partition coefficient (Wildman–Crippen LogP) is 6.80. The summed E-state index contributed by atoms with van der Waals surface area (Å²) in [6, 6.07) is 3.21. The van der Waals surface area contributed by atoms with Gasteiger partial charge in [0.2, 0.25) is 0 Å². The smallest absolute Gasteiger partial charge is 0.417 e. The number of alkyl halides is 4. The van der Waals surface area contributed by atoms with E-state index in [4.69, 9.17) is 15.5 Å². The molecule has 1 saturated carbocycles. The van der Waals surface area contributed by atoms with Crippen LogP contribution in [0, 0.1) is 17.6 Å². The van der Waals surface area contributed by atoms with E-state index in [1.165, 1.54) is 12.8 Å². The van der Waals surface area contributed by atoms with Crippen molar-refractivity contribution in [2.45, 2.75) is 74.9 Å². The molecule has 0 amide bonds. The summed E-state index contributed by atoms with van der Waals surface area (Å²) < 4.78 is 97.2. The van der Waals surface area contributed by atoms with Crippen molar-refractivity contribution >= 4 is 43.4 Å². The number of hydrogen-bond acceptors (Lipinski definition) is 9. The zero-order valence-electron chi connectivity index (χ0n) is 26.6. The molecule has 4 saturated heterocycles. The normalized spacial score (nSPS) is 27.6. The van der Waals surface area contributed by atoms with Crippen molar-refractivity contribution in [1.82, 2.24) is 24.8 Å². The summed E-state index contributed by atoms with van der Waals surface area (Å²) in [6.07, 6.45) is 0.294. The molecule has 9 rings (SSSR count). The van der Waals surface area contributed by atoms with Gasteiger partial charge in [0.25, 0.3) is 0 Å². The first kappa shape index (κ1) is 31.5. The highest BCUT2D eigenvalue weighted by atomic mass is 32.1. The molecule has 2 bridgehead atoms. The lowest BCUT2D eigenvalue weighted by Gasteiger charge is -2.42. The molecule has 2 N–H and O–H groups in total. The lowest BCUT2D eigenvalue weighted by molar-refractivity contribution is -0.137. The van der Waals surface area contributed by atoms with Crippen LogP contribution in [0.5, 0.6) is 6.01 Å². The SMILES string of the molecule is Nc1nc2c(-c3c(C(F)(F)F)cc4c(N5CC6CCC(C5)N6CC5CC5)nc(OC[C@@]56CCCN5C[C@H](F)C6)nc4c3F)ccc(F)c2s1. The predicted molar refractivity (Wildman–Crippen MR) is 174 cm³/mol. The lowest BCUT2D eigenvalue weighted by atomic mass is 9.94. The second-order valence-corrected chi connectivity index (χ2v) is 15.5. The number of ether oxygens (including phenoxy) is 1. The summed E-state index contributed by atoms with van der Waals surface area (Å²) in [4.78, 5) is 19.7. The number of nitrogens with two attached hydrogens (primary N) is 1. The summed E-state index contributed by atoms with van der Waals surface area (Å²) in [7, 11) is 0. The van der Waals surface area contributed by atoms with E-state index in [-0.39, 0.29) is 62.3 Å². The molecule has 4 aromatic rings. The van der Waals surface area contributed by atoms with E-state index in [1.54, 1.807) is 0 Å². The van der Waals surface area contributed by atoms with Crippen LogP contribution >= 0.6 is 11.3 Å². The van der Waals surface area contributed by atoms with Crippen LogP contribution in [0.3, 0.4) is 0 Å². The van der Waals surface area contributed by atoms with E-state index < -0.39 is 40.6 Å². The molecular weight excluding hydrogens is 668 g/mol. The van der Waals surface area contributed by atoms with E-state index >= 15 is 4.39 Å². The number of hydrogen-bond donors (Lipinski definition) is 1. The number of halogens is 6. The number of nitrogens with zero attached hydrogens (tertiary/aromatic N) is 6. The number of nitrogen functional groups attached to an aromatic ring is 1. The highest BCUT2D eigenvalue weighted by molar-refractivity contribution is 7.22. The zero-order valence-corrected chi connectivity index (χ0v) is 27.4. The van der Waals surface area contributed by atoms with Gasteiger partial charge in [0, 0.05) is 61.2 Å². The van der Waals surface area contributed by atoms with Gasteiger partial charge in [-0.1, -0.05) is 11.3 Å². The van der Waals surface area contributed by atoms with Gasteiger partial charge in [-0.15, -0.1) is 0 Å². The molecule has 0 radical (unpaired) electrons. The van der Waals surface area contributed by atoms with Crippen molar-refractivity contribution in [3.8, 4) is 17.1 Å². The lowest BCUT2D eigenvalue weighted by Crippen LogP contribution is -2.54. The first-order chi connectivity index (χ1) is 23.5. The largest absolute Gasteiger partial charge is 0.461 e. The monoisotopic (exact) mass is 703 g/mol. The molecule has 0 spiro atoms. The second kappa shape index (κ2) is 11.3. The van der Waals surface area contributed by atoms with Gasteiger partial charge in [0.1, 0.15) is 29.9 Å². The van der Waals surface area contributed by atoms with E-state index in [1.807, 2.05) is 4.90 Å². The molecule has 5 fully saturated rings. The van der Waals surface area contributed by atoms with E-state index in [0.29, 0.717) is 32.0 Å². The Labute approximate surface area is 282 Å². The molecule has 2 aromatic carbocycles. The van der Waals surface area contributed by atoms with E-state index in [2.05, 4.69) is 19.8 Å². The maximum Gasteiger partial charge on any atom is 0.417 e. The maximum atomic E-state index is 17.0. The molecule has 5 aliphatic rings. The average Bonchev–Trinajstić information content (AvgIpc) is 3.43. The highest BCUT2D eigenvalue weighted by Gasteiger charge is 2.50. The highest BCUT2D eigenvalue weighted by Crippen LogP contribution is 2.47. The Morgan fingerprint density at radius 2 is 1.78 bits per heavy atom. The quantitative estimate of drug-likeness (QED) is 0.211. The van der Waals surface area contributed by atoms with Crippen LogP contribution in [0.15, 0.2) is 18.2 Å². The first-order valence-corrected chi connectivity index (χ1v) is 17.8. The number of benzene rings is 2. The third-order valence-electron chi connectivity index (χ3n) is 11.3. The van der Waals surface area contributed by atoms with Gasteiger partial charge in [-0.25, -0.2) is 18.2 Å². The summed E-state index contributed by atoms with van der Waals surface area (Å²) in [5.41, 5.74) is 2.50. The van der Waals surface area contributed by atoms with Crippen molar-refractivity contribution in [2.75, 3.05) is 50.0 Å². The fraction of sp³-hybridized carbons (Fsp3) is 0.559. The maximum absolute atomic E-state index is 17.0. The molecule has 49 heavy (non-hydrogen) atoms. The third-order valence-corrected chi connectivity index (χ3v) is 12.2. The van der Waals surface area contributed by atoms with Crippen LogP contribution in [0.1, 0.15) is 50.5 Å². The molecule has 4 atom stereocenters. The summed E-state index contributed by atoms with van der Waals surface area (Å²) in [5.74, 6) is -1.09. The first-order valence-electron chi connectivity index (χ1n) is 17.0. The van der Waals surface area contributed by atoms with Crippen molar-refractivity contribution in [3.05, 3.63) is 35.4 Å². The minimum absolute atomic E-state index is 0.0605. The molecule has 2 unspecified atom stereocenters. The summed E-state index contributed by atoms with van der Waals surface area (Å²) >= 11 is 0.775. The molecule has 8 nitrogen and oxygen atoms in total. The Bertz CT molecular complexity index is 1960. The van der Waals surface area contributed by atoms with Crippen LogP contribution in [0.2, 0.25) is 0 Å². The van der Waals surface area contributed by atoms with Crippen molar-refractivity contribution in [2.24, 2.45) is 5.92 Å². The Kier molecular flexibility index (Phi) is 7.27. The van der Waals surface area contributed by atoms with E-state index in [0.717, 1.165) is 68.3 Å². The Hall–Kier alpha value is -3.43. The van der Waals surface area contributed by atoms with Crippen molar-refractivity contribution < 1.29 is 31.1 Å². The summed E-state index contributed by atoms with van der Waals surface area (Å²) in [5, 5.41) is -0.146. The van der Waals surface area contributed by atoms with Gasteiger partial charge < -0.3 is 15.4 Å². The van der Waals surface area contributed by atoms with Gasteiger partial charge in [-0.3, -0.25) is 9.80 Å². The van der Waals surface area contributed by atoms with Gasteiger partial charge in [-0.05, 0) is 69.2 Å². The van der Waals surface area contributed by atoms with Crippen LogP contribution in [0.4, 0.5) is 37.3 Å². The molecule has 260 valence electrons. The van der Waals surface area contributed by atoms with Crippen LogP contribution in [-0.4, -0.2) is 87.9 Å². The number of aromatic nitrogens is 3. The third kappa shape index (κ3) is 5.29. The standard InChI is InChI=1S/C34H35F6N7OS/c35-18-11-33(8-1-9-46(33)13-18)16-48-32-43-27-22(30(44-32)45-14-19-4-5-20(15-45)47(19)12-17-2-3-17)10-23(34(38,39)40)25(26(27)37)21-6-7-24(36)29-28(21)42-31(41)49-29/h6-7,10,17-20H,1-5,8-9,11-16H2,(H2,41,42)/t18-,19?,20?,33+/m1/s1. The van der Waals surface area contributed by atoms with Gasteiger partial charge >= 0.3 is 12.2 Å². The topological polar surface area (TPSA) is 83.6 Å². The molecule has 2 aromatic heterocycles. The number of fused-ring (bicyclic) bond motifs is 5. The molecular formula is C34H35F6N7OS. The Balaban J connectivity index is 1.20. The second-order valence-electron chi connectivity index (χ2n) is 14.5. The fourth-order valence-corrected chi connectivity index (χ4v) is 9.65. The average molecular weight is 704 g/mol. The molecule has 6 heterocycles. The fourth-order valence-electron chi connectivity index (χ4n) is 8.88. The van der Waals surface area contributed by atoms with Gasteiger partial charge in [-0.2, -0.15) is 23.1 Å². The molecule has 4 aliphatic heterocycles. The Morgan fingerprint density at radius 3 is 2.51 bits per heavy atom. The number of anilines is 2. The van der Waals surface area contributed by atoms with Crippen LogP contribution in [-0.2, 0) is 6.18 Å². The molecule has 15 heteroatoms. The number of thiazole rings is 1. The Morgan fingerprint density at radius 1 is 1.00 bits per heavy atom.